The Morgan fingerprint density at radius 3 is 2.93 bits per heavy atom. The summed E-state index contributed by atoms with van der Waals surface area (Å²) in [5.74, 6) is -0.324. The lowest BCUT2D eigenvalue weighted by Gasteiger charge is -2.02. The predicted octanol–water partition coefficient (Wildman–Crippen LogP) is 1.86. The van der Waals surface area contributed by atoms with E-state index in [9.17, 15) is 4.79 Å². The van der Waals surface area contributed by atoms with E-state index in [1.807, 2.05) is 0 Å². The van der Waals surface area contributed by atoms with Crippen LogP contribution in [0.2, 0.25) is 5.02 Å². The van der Waals surface area contributed by atoms with Gasteiger partial charge in [-0.15, -0.1) is 0 Å². The van der Waals surface area contributed by atoms with E-state index in [-0.39, 0.29) is 12.4 Å². The molecule has 0 aliphatic heterocycles. The highest BCUT2D eigenvalue weighted by molar-refractivity contribution is 6.33. The summed E-state index contributed by atoms with van der Waals surface area (Å²) >= 11 is 5.88. The third-order valence-electron chi connectivity index (χ3n) is 1.84. The number of rotatable bonds is 3. The fourth-order valence-corrected chi connectivity index (χ4v) is 1.34. The molecule has 0 aliphatic carbocycles. The summed E-state index contributed by atoms with van der Waals surface area (Å²) in [6.45, 7) is 0. The average Bonchev–Trinajstić information content (AvgIpc) is 2.22. The molecule has 0 aromatic heterocycles. The fraction of sp³-hybridized carbons (Fsp3) is 0.200. The van der Waals surface area contributed by atoms with Gasteiger partial charge in [0.2, 0.25) is 0 Å². The third kappa shape index (κ3) is 3.25. The number of esters is 1. The van der Waals surface area contributed by atoms with Crippen molar-refractivity contribution in [3.05, 3.63) is 34.3 Å². The molecule has 0 amide bonds. The van der Waals surface area contributed by atoms with Crippen LogP contribution in [-0.4, -0.2) is 24.5 Å². The molecule has 0 saturated carbocycles. The highest BCUT2D eigenvalue weighted by Gasteiger charge is 2.05. The first-order valence-electron chi connectivity index (χ1n) is 4.20. The Kier molecular flexibility index (Phi) is 4.12. The van der Waals surface area contributed by atoms with Crippen molar-refractivity contribution in [2.24, 2.45) is 5.16 Å². The molecule has 5 heteroatoms. The Hall–Kier alpha value is -1.55. The first-order valence-corrected chi connectivity index (χ1v) is 4.58. The van der Waals surface area contributed by atoms with E-state index in [2.05, 4.69) is 9.89 Å². The summed E-state index contributed by atoms with van der Waals surface area (Å²) in [4.78, 5) is 11.0. The second kappa shape index (κ2) is 5.36. The quantitative estimate of drug-likeness (QED) is 0.371. The highest BCUT2D eigenvalue weighted by Crippen LogP contribution is 2.16. The van der Waals surface area contributed by atoms with Crippen LogP contribution in [0.5, 0.6) is 0 Å². The van der Waals surface area contributed by atoms with Gasteiger partial charge in [-0.1, -0.05) is 28.9 Å². The van der Waals surface area contributed by atoms with E-state index in [0.717, 1.165) is 5.56 Å². The zero-order valence-corrected chi connectivity index (χ0v) is 8.86. The lowest BCUT2D eigenvalue weighted by molar-refractivity contribution is -0.139. The maximum atomic E-state index is 11.0. The molecule has 0 aliphatic rings. The van der Waals surface area contributed by atoms with Gasteiger partial charge in [0.15, 0.2) is 0 Å². The summed E-state index contributed by atoms with van der Waals surface area (Å²) in [7, 11) is 1.33. The summed E-state index contributed by atoms with van der Waals surface area (Å²) < 4.78 is 4.52. The first-order chi connectivity index (χ1) is 7.17. The van der Waals surface area contributed by atoms with Crippen LogP contribution in [0.15, 0.2) is 23.4 Å². The Balaban J connectivity index is 2.86. The van der Waals surface area contributed by atoms with Crippen molar-refractivity contribution < 1.29 is 14.7 Å². The van der Waals surface area contributed by atoms with E-state index >= 15 is 0 Å². The minimum Gasteiger partial charge on any atom is -0.469 e. The molecule has 80 valence electrons. The Bertz CT molecular complexity index is 390. The number of halogens is 1. The molecule has 0 saturated heterocycles. The molecule has 0 heterocycles. The number of methoxy groups -OCH3 is 1. The molecule has 0 bridgehead atoms. The van der Waals surface area contributed by atoms with Crippen molar-refractivity contribution in [2.45, 2.75) is 6.42 Å². The highest BCUT2D eigenvalue weighted by atomic mass is 35.5. The Morgan fingerprint density at radius 1 is 1.67 bits per heavy atom. The SMILES string of the molecule is COC(=O)Cc1ccc(C=NO)c(Cl)c1. The molecule has 0 spiro atoms. The fourth-order valence-electron chi connectivity index (χ4n) is 1.09. The van der Waals surface area contributed by atoms with E-state index in [1.165, 1.54) is 13.3 Å². The first kappa shape index (κ1) is 11.5. The molecular weight excluding hydrogens is 218 g/mol. The minimum atomic E-state index is -0.324. The van der Waals surface area contributed by atoms with Gasteiger partial charge in [-0.2, -0.15) is 0 Å². The van der Waals surface area contributed by atoms with Crippen molar-refractivity contribution >= 4 is 23.8 Å². The molecule has 4 nitrogen and oxygen atoms in total. The Morgan fingerprint density at radius 2 is 2.40 bits per heavy atom. The van der Waals surface area contributed by atoms with Gasteiger partial charge in [0.25, 0.3) is 0 Å². The number of carbonyl (C=O) groups excluding carboxylic acids is 1. The van der Waals surface area contributed by atoms with E-state index < -0.39 is 0 Å². The van der Waals surface area contributed by atoms with E-state index in [4.69, 9.17) is 16.8 Å². The number of ether oxygens (including phenoxy) is 1. The molecular formula is C10H10ClNO3. The van der Waals surface area contributed by atoms with Crippen LogP contribution >= 0.6 is 11.6 Å². The number of carbonyl (C=O) groups is 1. The van der Waals surface area contributed by atoms with Crippen LogP contribution < -0.4 is 0 Å². The van der Waals surface area contributed by atoms with Crippen molar-refractivity contribution in [3.8, 4) is 0 Å². The molecule has 0 unspecified atom stereocenters. The third-order valence-corrected chi connectivity index (χ3v) is 2.17. The van der Waals surface area contributed by atoms with Crippen molar-refractivity contribution in [3.63, 3.8) is 0 Å². The Labute approximate surface area is 92.1 Å². The van der Waals surface area contributed by atoms with Gasteiger partial charge in [0, 0.05) is 10.6 Å². The zero-order valence-electron chi connectivity index (χ0n) is 8.11. The van der Waals surface area contributed by atoms with E-state index in [0.29, 0.717) is 10.6 Å². The topological polar surface area (TPSA) is 58.9 Å². The largest absolute Gasteiger partial charge is 0.469 e. The summed E-state index contributed by atoms with van der Waals surface area (Å²) in [6, 6.07) is 5.02. The van der Waals surface area contributed by atoms with Crippen LogP contribution in [0.4, 0.5) is 0 Å². The second-order valence-electron chi connectivity index (χ2n) is 2.85. The normalized spacial score (nSPS) is 10.5. The molecule has 1 aromatic rings. The van der Waals surface area contributed by atoms with Gasteiger partial charge in [-0.3, -0.25) is 4.79 Å². The van der Waals surface area contributed by atoms with Gasteiger partial charge < -0.3 is 9.94 Å². The van der Waals surface area contributed by atoms with Crippen LogP contribution in [0.25, 0.3) is 0 Å². The molecule has 1 aromatic carbocycles. The molecule has 15 heavy (non-hydrogen) atoms. The van der Waals surface area contributed by atoms with Crippen molar-refractivity contribution in [2.75, 3.05) is 7.11 Å². The number of benzene rings is 1. The lowest BCUT2D eigenvalue weighted by Crippen LogP contribution is -2.04. The molecule has 1 N–H and O–H groups in total. The van der Waals surface area contributed by atoms with Crippen LogP contribution in [0.1, 0.15) is 11.1 Å². The standard InChI is InChI=1S/C10H10ClNO3/c1-15-10(13)5-7-2-3-8(6-12-14)9(11)4-7/h2-4,6,14H,5H2,1H3. The molecule has 0 fully saturated rings. The lowest BCUT2D eigenvalue weighted by atomic mass is 10.1. The van der Waals surface area contributed by atoms with Crippen molar-refractivity contribution in [1.29, 1.82) is 0 Å². The van der Waals surface area contributed by atoms with Gasteiger partial charge in [-0.05, 0) is 11.6 Å². The summed E-state index contributed by atoms with van der Waals surface area (Å²) in [5, 5.41) is 11.6. The predicted molar refractivity (Wildman–Crippen MR) is 56.6 cm³/mol. The number of hydrogen-bond acceptors (Lipinski definition) is 4. The van der Waals surface area contributed by atoms with Crippen LogP contribution in [0.3, 0.4) is 0 Å². The molecule has 0 atom stereocenters. The maximum Gasteiger partial charge on any atom is 0.309 e. The number of hydrogen-bond donors (Lipinski definition) is 1. The molecule has 1 rings (SSSR count). The summed E-state index contributed by atoms with van der Waals surface area (Å²) in [6.07, 6.45) is 1.40. The van der Waals surface area contributed by atoms with Gasteiger partial charge in [0.05, 0.1) is 19.7 Å². The van der Waals surface area contributed by atoms with Crippen LogP contribution in [0, 0.1) is 0 Å². The van der Waals surface area contributed by atoms with Crippen LogP contribution in [-0.2, 0) is 16.0 Å². The van der Waals surface area contributed by atoms with E-state index in [1.54, 1.807) is 18.2 Å². The smallest absolute Gasteiger partial charge is 0.309 e. The van der Waals surface area contributed by atoms with Gasteiger partial charge in [0.1, 0.15) is 0 Å². The second-order valence-corrected chi connectivity index (χ2v) is 3.26. The molecule has 0 radical (unpaired) electrons. The minimum absolute atomic E-state index is 0.173. The van der Waals surface area contributed by atoms with Crippen molar-refractivity contribution in [1.82, 2.24) is 0 Å². The van der Waals surface area contributed by atoms with Gasteiger partial charge in [-0.25, -0.2) is 0 Å². The average molecular weight is 228 g/mol. The summed E-state index contributed by atoms with van der Waals surface area (Å²) in [5.41, 5.74) is 1.34. The number of nitrogens with zero attached hydrogens (tertiary/aromatic N) is 1. The monoisotopic (exact) mass is 227 g/mol. The zero-order chi connectivity index (χ0) is 11.3. The van der Waals surface area contributed by atoms with Gasteiger partial charge >= 0.3 is 5.97 Å². The maximum absolute atomic E-state index is 11.0. The number of oxime groups is 1.